The van der Waals surface area contributed by atoms with E-state index in [0.717, 1.165) is 32.0 Å². The van der Waals surface area contributed by atoms with Gasteiger partial charge in [0.15, 0.2) is 0 Å². The summed E-state index contributed by atoms with van der Waals surface area (Å²) in [5.74, 6) is 0.744. The molecule has 1 rings (SSSR count). The Hall–Kier alpha value is -0.120. The average molecular weight is 214 g/mol. The monoisotopic (exact) mass is 214 g/mol. The molecule has 1 atom stereocenters. The minimum Gasteiger partial charge on any atom is -0.383 e. The zero-order valence-electron chi connectivity index (χ0n) is 10.5. The van der Waals surface area contributed by atoms with Crippen LogP contribution in [0, 0.1) is 11.3 Å². The van der Waals surface area contributed by atoms with Gasteiger partial charge in [-0.25, -0.2) is 0 Å². The Balaban J connectivity index is 2.43. The highest BCUT2D eigenvalue weighted by Crippen LogP contribution is 2.37. The predicted molar refractivity (Wildman–Crippen MR) is 63.9 cm³/mol. The third-order valence-electron chi connectivity index (χ3n) is 3.78. The van der Waals surface area contributed by atoms with Crippen molar-refractivity contribution in [2.75, 3.05) is 39.9 Å². The molecular weight excluding hydrogens is 188 g/mol. The molecule has 0 radical (unpaired) electrons. The van der Waals surface area contributed by atoms with Crippen LogP contribution in [0.2, 0.25) is 0 Å². The van der Waals surface area contributed by atoms with Crippen molar-refractivity contribution in [3.8, 4) is 0 Å². The average Bonchev–Trinajstić information content (AvgIpc) is 2.19. The first kappa shape index (κ1) is 12.9. The molecule has 90 valence electrons. The Bertz CT molecular complexity index is 182. The third-order valence-corrected chi connectivity index (χ3v) is 3.78. The highest BCUT2D eigenvalue weighted by Gasteiger charge is 2.34. The molecule has 15 heavy (non-hydrogen) atoms. The van der Waals surface area contributed by atoms with Crippen LogP contribution in [-0.4, -0.2) is 44.8 Å². The van der Waals surface area contributed by atoms with Crippen molar-refractivity contribution in [1.29, 1.82) is 0 Å². The van der Waals surface area contributed by atoms with Crippen LogP contribution in [0.25, 0.3) is 0 Å². The van der Waals surface area contributed by atoms with Gasteiger partial charge in [-0.2, -0.15) is 0 Å². The van der Waals surface area contributed by atoms with Crippen LogP contribution in [0.4, 0.5) is 0 Å². The summed E-state index contributed by atoms with van der Waals surface area (Å²) in [6, 6.07) is 0. The smallest absolute Gasteiger partial charge is 0.0589 e. The summed E-state index contributed by atoms with van der Waals surface area (Å²) < 4.78 is 5.13. The topological polar surface area (TPSA) is 38.5 Å². The maximum absolute atomic E-state index is 5.68. The molecule has 0 saturated carbocycles. The van der Waals surface area contributed by atoms with Gasteiger partial charge in [-0.15, -0.1) is 0 Å². The van der Waals surface area contributed by atoms with Gasteiger partial charge in [0.1, 0.15) is 0 Å². The van der Waals surface area contributed by atoms with Crippen LogP contribution >= 0.6 is 0 Å². The Labute approximate surface area is 94.0 Å². The molecule has 0 aliphatic carbocycles. The van der Waals surface area contributed by atoms with Gasteiger partial charge >= 0.3 is 0 Å². The summed E-state index contributed by atoms with van der Waals surface area (Å²) >= 11 is 0. The largest absolute Gasteiger partial charge is 0.383 e. The maximum Gasteiger partial charge on any atom is 0.0589 e. The Morgan fingerprint density at radius 3 is 2.80 bits per heavy atom. The van der Waals surface area contributed by atoms with Crippen molar-refractivity contribution in [3.63, 3.8) is 0 Å². The Morgan fingerprint density at radius 2 is 2.20 bits per heavy atom. The van der Waals surface area contributed by atoms with E-state index in [1.54, 1.807) is 7.11 Å². The van der Waals surface area contributed by atoms with E-state index in [1.165, 1.54) is 19.5 Å². The van der Waals surface area contributed by atoms with E-state index in [4.69, 9.17) is 10.5 Å². The highest BCUT2D eigenvalue weighted by molar-refractivity contribution is 4.86. The van der Waals surface area contributed by atoms with Crippen molar-refractivity contribution in [2.24, 2.45) is 17.1 Å². The predicted octanol–water partition coefficient (Wildman–Crippen LogP) is 1.33. The van der Waals surface area contributed by atoms with Crippen LogP contribution in [0.3, 0.4) is 0 Å². The normalized spacial score (nSPS) is 26.8. The highest BCUT2D eigenvalue weighted by atomic mass is 16.5. The molecule has 0 amide bonds. The van der Waals surface area contributed by atoms with Gasteiger partial charge in [-0.3, -0.25) is 0 Å². The van der Waals surface area contributed by atoms with E-state index in [0.29, 0.717) is 5.41 Å². The summed E-state index contributed by atoms with van der Waals surface area (Å²) in [4.78, 5) is 2.51. The molecule has 3 heteroatoms. The number of likely N-dealkylation sites (tertiary alicyclic amines) is 1. The molecule has 1 aliphatic heterocycles. The van der Waals surface area contributed by atoms with E-state index in [2.05, 4.69) is 18.7 Å². The lowest BCUT2D eigenvalue weighted by Crippen LogP contribution is -2.46. The SMILES string of the molecule is COCCN1CCC(C)(C)C(CCN)C1. The van der Waals surface area contributed by atoms with E-state index in [-0.39, 0.29) is 0 Å². The number of nitrogens with two attached hydrogens (primary N) is 1. The van der Waals surface area contributed by atoms with Crippen LogP contribution in [0.5, 0.6) is 0 Å². The second kappa shape index (κ2) is 5.83. The number of hydrogen-bond donors (Lipinski definition) is 1. The van der Waals surface area contributed by atoms with Gasteiger partial charge in [-0.1, -0.05) is 13.8 Å². The molecule has 0 aromatic heterocycles. The number of nitrogens with zero attached hydrogens (tertiary/aromatic N) is 1. The molecule has 0 aromatic rings. The van der Waals surface area contributed by atoms with Crippen molar-refractivity contribution in [2.45, 2.75) is 26.7 Å². The van der Waals surface area contributed by atoms with Gasteiger partial charge in [0.05, 0.1) is 6.61 Å². The van der Waals surface area contributed by atoms with Crippen LogP contribution in [0.1, 0.15) is 26.7 Å². The van der Waals surface area contributed by atoms with Crippen molar-refractivity contribution in [1.82, 2.24) is 4.90 Å². The zero-order chi connectivity index (χ0) is 11.3. The van der Waals surface area contributed by atoms with Crippen molar-refractivity contribution in [3.05, 3.63) is 0 Å². The van der Waals surface area contributed by atoms with E-state index in [1.807, 2.05) is 0 Å². The molecule has 1 fully saturated rings. The molecule has 0 spiro atoms. The van der Waals surface area contributed by atoms with Crippen molar-refractivity contribution >= 4 is 0 Å². The fraction of sp³-hybridized carbons (Fsp3) is 1.00. The first-order valence-corrected chi connectivity index (χ1v) is 6.01. The number of hydrogen-bond acceptors (Lipinski definition) is 3. The number of piperidine rings is 1. The fourth-order valence-electron chi connectivity index (χ4n) is 2.41. The summed E-state index contributed by atoms with van der Waals surface area (Å²) in [6.45, 7) is 9.86. The first-order chi connectivity index (χ1) is 7.10. The van der Waals surface area contributed by atoms with Crippen molar-refractivity contribution < 1.29 is 4.74 Å². The van der Waals surface area contributed by atoms with E-state index in [9.17, 15) is 0 Å². The molecule has 1 saturated heterocycles. The number of rotatable bonds is 5. The number of ether oxygens (including phenoxy) is 1. The standard InChI is InChI=1S/C12H26N2O/c1-12(2)5-7-14(8-9-15-3)10-11(12)4-6-13/h11H,4-10,13H2,1-3H3. The van der Waals surface area contributed by atoms with Crippen LogP contribution in [-0.2, 0) is 4.74 Å². The summed E-state index contributed by atoms with van der Waals surface area (Å²) in [7, 11) is 1.77. The minimum absolute atomic E-state index is 0.461. The summed E-state index contributed by atoms with van der Waals surface area (Å²) in [5.41, 5.74) is 6.14. The summed E-state index contributed by atoms with van der Waals surface area (Å²) in [6.07, 6.45) is 2.43. The lowest BCUT2D eigenvalue weighted by molar-refractivity contribution is 0.0405. The number of methoxy groups -OCH3 is 1. The third kappa shape index (κ3) is 3.74. The van der Waals surface area contributed by atoms with Gasteiger partial charge in [0.2, 0.25) is 0 Å². The molecule has 0 aromatic carbocycles. The van der Waals surface area contributed by atoms with Crippen LogP contribution in [0.15, 0.2) is 0 Å². The summed E-state index contributed by atoms with van der Waals surface area (Å²) in [5, 5.41) is 0. The molecule has 1 heterocycles. The van der Waals surface area contributed by atoms with Gasteiger partial charge in [0, 0.05) is 20.2 Å². The van der Waals surface area contributed by atoms with E-state index < -0.39 is 0 Å². The Kier molecular flexibility index (Phi) is 5.03. The fourth-order valence-corrected chi connectivity index (χ4v) is 2.41. The maximum atomic E-state index is 5.68. The molecular formula is C12H26N2O. The lowest BCUT2D eigenvalue weighted by atomic mass is 9.72. The van der Waals surface area contributed by atoms with Crippen LogP contribution < -0.4 is 5.73 Å². The zero-order valence-corrected chi connectivity index (χ0v) is 10.5. The Morgan fingerprint density at radius 1 is 1.47 bits per heavy atom. The molecule has 0 bridgehead atoms. The molecule has 1 unspecified atom stereocenters. The second-order valence-electron chi connectivity index (χ2n) is 5.31. The van der Waals surface area contributed by atoms with Gasteiger partial charge < -0.3 is 15.4 Å². The lowest BCUT2D eigenvalue weighted by Gasteiger charge is -2.44. The molecule has 1 aliphatic rings. The van der Waals surface area contributed by atoms with Gasteiger partial charge in [-0.05, 0) is 37.3 Å². The quantitative estimate of drug-likeness (QED) is 0.750. The second-order valence-corrected chi connectivity index (χ2v) is 5.31. The first-order valence-electron chi connectivity index (χ1n) is 6.01. The van der Waals surface area contributed by atoms with E-state index >= 15 is 0 Å². The van der Waals surface area contributed by atoms with Gasteiger partial charge in [0.25, 0.3) is 0 Å². The minimum atomic E-state index is 0.461. The molecule has 2 N–H and O–H groups in total. The molecule has 3 nitrogen and oxygen atoms in total.